The van der Waals surface area contributed by atoms with Gasteiger partial charge in [0.2, 0.25) is 0 Å². The molecule has 0 heterocycles. The maximum atomic E-state index is 12.6. The molecule has 9 heteroatoms. The van der Waals surface area contributed by atoms with Gasteiger partial charge in [-0.25, -0.2) is 4.79 Å². The van der Waals surface area contributed by atoms with E-state index in [0.717, 1.165) is 10.0 Å². The van der Waals surface area contributed by atoms with Gasteiger partial charge < -0.3 is 19.5 Å². The number of nitrogens with zero attached hydrogens (tertiary/aromatic N) is 1. The molecule has 3 aromatic carbocycles. The molecule has 7 nitrogen and oxygen atoms in total. The van der Waals surface area contributed by atoms with Crippen molar-refractivity contribution < 1.29 is 23.8 Å². The van der Waals surface area contributed by atoms with Crippen LogP contribution in [0.5, 0.6) is 11.5 Å². The number of nitrogens with one attached hydrogen (secondary N) is 1. The Hall–Kier alpha value is -3.80. The minimum absolute atomic E-state index is 0.151. The molecule has 3 rings (SSSR count). The first-order valence-corrected chi connectivity index (χ1v) is 11.4. The summed E-state index contributed by atoms with van der Waals surface area (Å²) in [6.45, 7) is 0.257. The lowest BCUT2D eigenvalue weighted by molar-refractivity contribution is -0.112. The van der Waals surface area contributed by atoms with Crippen LogP contribution >= 0.6 is 27.5 Å². The van der Waals surface area contributed by atoms with E-state index in [0.29, 0.717) is 28.3 Å². The predicted octanol–water partition coefficient (Wildman–Crippen LogP) is 6.02. The van der Waals surface area contributed by atoms with Gasteiger partial charge in [0.25, 0.3) is 5.91 Å². The first kappa shape index (κ1) is 25.8. The van der Waals surface area contributed by atoms with Crippen LogP contribution in [0.15, 0.2) is 70.7 Å². The molecule has 0 unspecified atom stereocenters. The standard InChI is InChI=1S/C26H20BrClN2O5/c1-33-23-13-16(12-22(28)24(23)35-15-18-5-3-4-6-21(18)27)11-19(14-29)25(31)30-20-9-7-17(8-10-20)26(32)34-2/h3-13H,15H2,1-2H3,(H,30,31)/b19-11+. The second-order valence-corrected chi connectivity index (χ2v) is 8.37. The van der Waals surface area contributed by atoms with Crippen LogP contribution in [0.25, 0.3) is 6.08 Å². The lowest BCUT2D eigenvalue weighted by Gasteiger charge is -2.14. The molecule has 0 saturated heterocycles. The van der Waals surface area contributed by atoms with Crippen LogP contribution in [0.4, 0.5) is 5.69 Å². The van der Waals surface area contributed by atoms with Crippen molar-refractivity contribution in [3.05, 3.63) is 92.4 Å². The van der Waals surface area contributed by atoms with Gasteiger partial charge in [-0.1, -0.05) is 45.7 Å². The number of carbonyl (C=O) groups excluding carboxylic acids is 2. The molecule has 0 atom stereocenters. The summed E-state index contributed by atoms with van der Waals surface area (Å²) in [7, 11) is 2.75. The van der Waals surface area contributed by atoms with Crippen molar-refractivity contribution in [3.63, 3.8) is 0 Å². The maximum absolute atomic E-state index is 12.6. The second kappa shape index (κ2) is 12.1. The number of ether oxygens (including phenoxy) is 3. The van der Waals surface area contributed by atoms with Crippen molar-refractivity contribution in [2.45, 2.75) is 6.61 Å². The molecular formula is C26H20BrClN2O5. The lowest BCUT2D eigenvalue weighted by atomic mass is 10.1. The molecular weight excluding hydrogens is 536 g/mol. The number of anilines is 1. The Morgan fingerprint density at radius 1 is 1.11 bits per heavy atom. The van der Waals surface area contributed by atoms with E-state index in [2.05, 4.69) is 26.0 Å². The summed E-state index contributed by atoms with van der Waals surface area (Å²) in [5.41, 5.74) is 2.01. The number of hydrogen-bond acceptors (Lipinski definition) is 6. The van der Waals surface area contributed by atoms with Crippen LogP contribution in [0.3, 0.4) is 0 Å². The van der Waals surface area contributed by atoms with Gasteiger partial charge >= 0.3 is 5.97 Å². The molecule has 3 aromatic rings. The second-order valence-electron chi connectivity index (χ2n) is 7.11. The molecule has 0 aromatic heterocycles. The number of halogens is 2. The lowest BCUT2D eigenvalue weighted by Crippen LogP contribution is -2.13. The van der Waals surface area contributed by atoms with Crippen molar-refractivity contribution in [2.24, 2.45) is 0 Å². The fourth-order valence-corrected chi connectivity index (χ4v) is 3.72. The zero-order valence-electron chi connectivity index (χ0n) is 18.8. The van der Waals surface area contributed by atoms with Crippen LogP contribution in [0.1, 0.15) is 21.5 Å². The number of hydrogen-bond donors (Lipinski definition) is 1. The Labute approximate surface area is 216 Å². The third-order valence-corrected chi connectivity index (χ3v) is 5.88. The van der Waals surface area contributed by atoms with Crippen LogP contribution < -0.4 is 14.8 Å². The fraction of sp³-hybridized carbons (Fsp3) is 0.115. The Bertz CT molecular complexity index is 1320. The van der Waals surface area contributed by atoms with Gasteiger partial charge in [0.05, 0.1) is 24.8 Å². The van der Waals surface area contributed by atoms with Gasteiger partial charge in [0.1, 0.15) is 18.2 Å². The fourth-order valence-electron chi connectivity index (χ4n) is 3.05. The van der Waals surface area contributed by atoms with E-state index in [4.69, 9.17) is 21.1 Å². The highest BCUT2D eigenvalue weighted by molar-refractivity contribution is 9.10. The van der Waals surface area contributed by atoms with Crippen molar-refractivity contribution >= 4 is 51.2 Å². The molecule has 0 aliphatic carbocycles. The molecule has 0 aliphatic rings. The molecule has 0 aliphatic heterocycles. The van der Waals surface area contributed by atoms with Gasteiger partial charge in [0.15, 0.2) is 11.5 Å². The first-order chi connectivity index (χ1) is 16.9. The summed E-state index contributed by atoms with van der Waals surface area (Å²) in [6.07, 6.45) is 1.39. The Morgan fingerprint density at radius 2 is 1.83 bits per heavy atom. The Morgan fingerprint density at radius 3 is 2.46 bits per heavy atom. The molecule has 0 fully saturated rings. The van der Waals surface area contributed by atoms with Gasteiger partial charge in [0, 0.05) is 15.7 Å². The van der Waals surface area contributed by atoms with Crippen LogP contribution in [0.2, 0.25) is 5.02 Å². The summed E-state index contributed by atoms with van der Waals surface area (Å²) < 4.78 is 16.9. The van der Waals surface area contributed by atoms with Crippen molar-refractivity contribution in [1.82, 2.24) is 0 Å². The molecule has 0 radical (unpaired) electrons. The largest absolute Gasteiger partial charge is 0.493 e. The van der Waals surface area contributed by atoms with E-state index in [9.17, 15) is 14.9 Å². The quantitative estimate of drug-likeness (QED) is 0.207. The van der Waals surface area contributed by atoms with E-state index in [-0.39, 0.29) is 17.2 Å². The monoisotopic (exact) mass is 554 g/mol. The normalized spacial score (nSPS) is 10.8. The molecule has 1 N–H and O–H groups in total. The number of esters is 1. The Kier molecular flexibility index (Phi) is 8.90. The summed E-state index contributed by atoms with van der Waals surface area (Å²) >= 11 is 9.92. The summed E-state index contributed by atoms with van der Waals surface area (Å²) in [4.78, 5) is 24.2. The van der Waals surface area contributed by atoms with Gasteiger partial charge in [-0.2, -0.15) is 5.26 Å². The van der Waals surface area contributed by atoms with E-state index in [1.807, 2.05) is 30.3 Å². The SMILES string of the molecule is COC(=O)c1ccc(NC(=O)/C(C#N)=C/c2cc(Cl)c(OCc3ccccc3Br)c(OC)c2)cc1. The summed E-state index contributed by atoms with van der Waals surface area (Å²) in [5, 5.41) is 12.4. The summed E-state index contributed by atoms with van der Waals surface area (Å²) in [5.74, 6) is -0.416. The number of rotatable bonds is 8. The highest BCUT2D eigenvalue weighted by Gasteiger charge is 2.15. The first-order valence-electron chi connectivity index (χ1n) is 10.2. The van der Waals surface area contributed by atoms with Crippen molar-refractivity contribution in [3.8, 4) is 17.6 Å². The van der Waals surface area contributed by atoms with E-state index in [1.165, 1.54) is 44.6 Å². The smallest absolute Gasteiger partial charge is 0.337 e. The highest BCUT2D eigenvalue weighted by Crippen LogP contribution is 2.38. The molecule has 178 valence electrons. The van der Waals surface area contributed by atoms with Gasteiger partial charge in [-0.05, 0) is 54.1 Å². The number of amides is 1. The van der Waals surface area contributed by atoms with Crippen molar-refractivity contribution in [1.29, 1.82) is 5.26 Å². The molecule has 35 heavy (non-hydrogen) atoms. The highest BCUT2D eigenvalue weighted by atomic mass is 79.9. The average molecular weight is 556 g/mol. The van der Waals surface area contributed by atoms with E-state index in [1.54, 1.807) is 12.1 Å². The zero-order valence-corrected chi connectivity index (χ0v) is 21.1. The van der Waals surface area contributed by atoms with Gasteiger partial charge in [-0.15, -0.1) is 0 Å². The molecule has 1 amide bonds. The van der Waals surface area contributed by atoms with E-state index >= 15 is 0 Å². The molecule has 0 bridgehead atoms. The zero-order chi connectivity index (χ0) is 25.4. The molecule has 0 spiro atoms. The van der Waals surface area contributed by atoms with E-state index < -0.39 is 11.9 Å². The third kappa shape index (κ3) is 6.63. The summed E-state index contributed by atoms with van der Waals surface area (Å²) in [6, 6.07) is 18.8. The number of benzene rings is 3. The number of nitriles is 1. The van der Waals surface area contributed by atoms with Crippen molar-refractivity contribution in [2.75, 3.05) is 19.5 Å². The molecule has 0 saturated carbocycles. The number of methoxy groups -OCH3 is 2. The predicted molar refractivity (Wildman–Crippen MR) is 136 cm³/mol. The number of carbonyl (C=O) groups is 2. The minimum Gasteiger partial charge on any atom is -0.493 e. The van der Waals surface area contributed by atoms with Gasteiger partial charge in [-0.3, -0.25) is 4.79 Å². The topological polar surface area (TPSA) is 97.7 Å². The van der Waals surface area contributed by atoms with Crippen LogP contribution in [0, 0.1) is 11.3 Å². The third-order valence-electron chi connectivity index (χ3n) is 4.82. The minimum atomic E-state index is -0.623. The average Bonchev–Trinajstić information content (AvgIpc) is 2.87. The van der Waals surface area contributed by atoms with Crippen LogP contribution in [-0.2, 0) is 16.1 Å². The maximum Gasteiger partial charge on any atom is 0.337 e. The van der Waals surface area contributed by atoms with Crippen LogP contribution in [-0.4, -0.2) is 26.1 Å². The Balaban J connectivity index is 1.79.